The largest absolute Gasteiger partial charge is 0.305 e. The molecular formula is C15H20ClN3. The maximum absolute atomic E-state index is 5.96. The quantitative estimate of drug-likeness (QED) is 0.874. The summed E-state index contributed by atoms with van der Waals surface area (Å²) < 4.78 is 2.07. The number of hydrogen-bond donors (Lipinski definition) is 1. The third kappa shape index (κ3) is 3.37. The molecule has 0 amide bonds. The third-order valence-electron chi connectivity index (χ3n) is 3.09. The summed E-state index contributed by atoms with van der Waals surface area (Å²) in [5.74, 6) is 0. The summed E-state index contributed by atoms with van der Waals surface area (Å²) in [6.45, 7) is 6.13. The van der Waals surface area contributed by atoms with E-state index in [1.165, 1.54) is 11.3 Å². The van der Waals surface area contributed by atoms with E-state index in [-0.39, 0.29) is 6.04 Å². The van der Waals surface area contributed by atoms with E-state index in [4.69, 9.17) is 11.6 Å². The summed E-state index contributed by atoms with van der Waals surface area (Å²) in [5.41, 5.74) is 2.41. The normalized spacial score (nSPS) is 12.6. The molecule has 0 bridgehead atoms. The van der Waals surface area contributed by atoms with Crippen molar-refractivity contribution in [3.63, 3.8) is 0 Å². The first-order chi connectivity index (χ1) is 9.26. The Morgan fingerprint density at radius 3 is 2.58 bits per heavy atom. The molecule has 0 radical (unpaired) electrons. The number of benzene rings is 1. The van der Waals surface area contributed by atoms with Crippen molar-refractivity contribution in [3.05, 3.63) is 52.8 Å². The Morgan fingerprint density at radius 1 is 1.21 bits per heavy atom. The van der Waals surface area contributed by atoms with Gasteiger partial charge in [0, 0.05) is 17.8 Å². The van der Waals surface area contributed by atoms with Gasteiger partial charge in [-0.3, -0.25) is 4.68 Å². The molecule has 1 N–H and O–H groups in total. The summed E-state index contributed by atoms with van der Waals surface area (Å²) in [6.07, 6.45) is 2.94. The fourth-order valence-electron chi connectivity index (χ4n) is 2.24. The highest BCUT2D eigenvalue weighted by Gasteiger charge is 2.16. The van der Waals surface area contributed by atoms with E-state index in [1.54, 1.807) is 0 Å². The lowest BCUT2D eigenvalue weighted by atomic mass is 10.0. The molecule has 19 heavy (non-hydrogen) atoms. The van der Waals surface area contributed by atoms with Crippen LogP contribution in [0.4, 0.5) is 0 Å². The van der Waals surface area contributed by atoms with Gasteiger partial charge in [-0.1, -0.05) is 37.6 Å². The lowest BCUT2D eigenvalue weighted by Gasteiger charge is -2.20. The molecule has 1 atom stereocenters. The lowest BCUT2D eigenvalue weighted by molar-refractivity contribution is 0.520. The van der Waals surface area contributed by atoms with E-state index in [0.717, 1.165) is 24.5 Å². The molecule has 0 saturated heterocycles. The van der Waals surface area contributed by atoms with Crippen LogP contribution in [0.25, 0.3) is 0 Å². The maximum Gasteiger partial charge on any atom is 0.0748 e. The van der Waals surface area contributed by atoms with Gasteiger partial charge >= 0.3 is 0 Å². The minimum atomic E-state index is 0.163. The number of nitrogens with one attached hydrogen (secondary N) is 1. The van der Waals surface area contributed by atoms with Gasteiger partial charge in [-0.2, -0.15) is 5.10 Å². The molecule has 2 rings (SSSR count). The van der Waals surface area contributed by atoms with E-state index in [9.17, 15) is 0 Å². The minimum absolute atomic E-state index is 0.163. The van der Waals surface area contributed by atoms with Crippen LogP contribution < -0.4 is 5.32 Å². The number of halogens is 1. The van der Waals surface area contributed by atoms with Gasteiger partial charge in [-0.05, 0) is 36.7 Å². The van der Waals surface area contributed by atoms with Gasteiger partial charge in [0.05, 0.1) is 11.7 Å². The van der Waals surface area contributed by atoms with E-state index < -0.39 is 0 Å². The summed E-state index contributed by atoms with van der Waals surface area (Å²) in [4.78, 5) is 0. The van der Waals surface area contributed by atoms with Crippen molar-refractivity contribution >= 4 is 11.6 Å². The van der Waals surface area contributed by atoms with E-state index in [1.807, 2.05) is 18.3 Å². The second-order valence-corrected chi connectivity index (χ2v) is 4.96. The first kappa shape index (κ1) is 14.1. The van der Waals surface area contributed by atoms with Gasteiger partial charge in [-0.15, -0.1) is 0 Å². The summed E-state index contributed by atoms with van der Waals surface area (Å²) in [7, 11) is 0. The molecule has 0 fully saturated rings. The molecule has 0 spiro atoms. The Bertz CT molecular complexity index is 504. The Labute approximate surface area is 119 Å². The maximum atomic E-state index is 5.96. The van der Waals surface area contributed by atoms with Crippen molar-refractivity contribution in [1.29, 1.82) is 0 Å². The van der Waals surface area contributed by atoms with Crippen LogP contribution in [0.2, 0.25) is 5.02 Å². The standard InChI is InChI=1S/C15H20ClN3/c1-3-11-19-14(9-10-18-19)15(17-4-2)12-5-7-13(16)8-6-12/h5-10,15,17H,3-4,11H2,1-2H3. The molecular weight excluding hydrogens is 258 g/mol. The SMILES string of the molecule is CCCn1nccc1C(NCC)c1ccc(Cl)cc1. The van der Waals surface area contributed by atoms with Crippen molar-refractivity contribution in [2.75, 3.05) is 6.54 Å². The van der Waals surface area contributed by atoms with Gasteiger partial charge in [0.2, 0.25) is 0 Å². The fraction of sp³-hybridized carbons (Fsp3) is 0.400. The summed E-state index contributed by atoms with van der Waals surface area (Å²) in [6, 6.07) is 10.2. The van der Waals surface area contributed by atoms with Crippen LogP contribution in [0.5, 0.6) is 0 Å². The Kier molecular flexibility index (Phi) is 5.00. The topological polar surface area (TPSA) is 29.9 Å². The van der Waals surface area contributed by atoms with E-state index in [2.05, 4.69) is 47.1 Å². The lowest BCUT2D eigenvalue weighted by Crippen LogP contribution is -2.25. The average Bonchev–Trinajstić information content (AvgIpc) is 2.86. The number of rotatable bonds is 6. The van der Waals surface area contributed by atoms with Crippen LogP contribution in [-0.2, 0) is 6.54 Å². The zero-order valence-electron chi connectivity index (χ0n) is 11.4. The van der Waals surface area contributed by atoms with Crippen molar-refractivity contribution in [1.82, 2.24) is 15.1 Å². The molecule has 0 saturated carbocycles. The summed E-state index contributed by atoms with van der Waals surface area (Å²) in [5, 5.41) is 8.68. The minimum Gasteiger partial charge on any atom is -0.305 e. The van der Waals surface area contributed by atoms with Gasteiger partial charge in [0.15, 0.2) is 0 Å². The first-order valence-corrected chi connectivity index (χ1v) is 7.14. The van der Waals surface area contributed by atoms with Crippen molar-refractivity contribution in [3.8, 4) is 0 Å². The highest BCUT2D eigenvalue weighted by Crippen LogP contribution is 2.23. The monoisotopic (exact) mass is 277 g/mol. The number of hydrogen-bond acceptors (Lipinski definition) is 2. The molecule has 1 aromatic heterocycles. The molecule has 0 aliphatic rings. The number of aryl methyl sites for hydroxylation is 1. The predicted molar refractivity (Wildman–Crippen MR) is 79.5 cm³/mol. The van der Waals surface area contributed by atoms with Gasteiger partial charge in [0.25, 0.3) is 0 Å². The molecule has 0 aliphatic carbocycles. The number of aromatic nitrogens is 2. The van der Waals surface area contributed by atoms with Crippen molar-refractivity contribution in [2.24, 2.45) is 0 Å². The van der Waals surface area contributed by atoms with Gasteiger partial charge in [0.1, 0.15) is 0 Å². The second kappa shape index (κ2) is 6.73. The summed E-state index contributed by atoms with van der Waals surface area (Å²) >= 11 is 5.96. The molecule has 0 aliphatic heterocycles. The number of nitrogens with zero attached hydrogens (tertiary/aromatic N) is 2. The van der Waals surface area contributed by atoms with Gasteiger partial charge < -0.3 is 5.32 Å². The molecule has 1 aromatic carbocycles. The first-order valence-electron chi connectivity index (χ1n) is 6.76. The highest BCUT2D eigenvalue weighted by molar-refractivity contribution is 6.30. The highest BCUT2D eigenvalue weighted by atomic mass is 35.5. The molecule has 102 valence electrons. The zero-order valence-corrected chi connectivity index (χ0v) is 12.2. The zero-order chi connectivity index (χ0) is 13.7. The van der Waals surface area contributed by atoms with Crippen LogP contribution in [-0.4, -0.2) is 16.3 Å². The van der Waals surface area contributed by atoms with Crippen LogP contribution >= 0.6 is 11.6 Å². The Hall–Kier alpha value is -1.32. The average molecular weight is 278 g/mol. The van der Waals surface area contributed by atoms with E-state index in [0.29, 0.717) is 0 Å². The van der Waals surface area contributed by atoms with Crippen molar-refractivity contribution in [2.45, 2.75) is 32.9 Å². The molecule has 3 nitrogen and oxygen atoms in total. The van der Waals surface area contributed by atoms with Crippen LogP contribution in [0.15, 0.2) is 36.5 Å². The Balaban J connectivity index is 2.33. The Morgan fingerprint density at radius 2 is 1.95 bits per heavy atom. The molecule has 1 heterocycles. The van der Waals surface area contributed by atoms with Crippen LogP contribution in [0.3, 0.4) is 0 Å². The third-order valence-corrected chi connectivity index (χ3v) is 3.34. The molecule has 4 heteroatoms. The fourth-order valence-corrected chi connectivity index (χ4v) is 2.37. The second-order valence-electron chi connectivity index (χ2n) is 4.52. The van der Waals surface area contributed by atoms with Gasteiger partial charge in [-0.25, -0.2) is 0 Å². The molecule has 1 unspecified atom stereocenters. The van der Waals surface area contributed by atoms with Crippen LogP contribution in [0, 0.1) is 0 Å². The molecule has 2 aromatic rings. The predicted octanol–water partition coefficient (Wildman–Crippen LogP) is 3.65. The van der Waals surface area contributed by atoms with E-state index >= 15 is 0 Å². The van der Waals surface area contributed by atoms with Crippen LogP contribution in [0.1, 0.15) is 37.6 Å². The van der Waals surface area contributed by atoms with Crippen molar-refractivity contribution < 1.29 is 0 Å². The smallest absolute Gasteiger partial charge is 0.0748 e.